The van der Waals surface area contributed by atoms with E-state index in [9.17, 15) is 4.79 Å². The first kappa shape index (κ1) is 15.0. The minimum Gasteiger partial charge on any atom is -0.339 e. The molecule has 1 aliphatic rings. The molecular formula is C14H25N5O. The van der Waals surface area contributed by atoms with Gasteiger partial charge in [-0.3, -0.25) is 9.48 Å². The van der Waals surface area contributed by atoms with E-state index in [0.29, 0.717) is 19.0 Å². The summed E-state index contributed by atoms with van der Waals surface area (Å²) in [5.41, 5.74) is 0. The lowest BCUT2D eigenvalue weighted by Gasteiger charge is -2.33. The van der Waals surface area contributed by atoms with E-state index in [1.54, 1.807) is 11.0 Å². The standard InChI is InChI=1S/C14H25N5O/c1-12(2)19(9-13-5-3-4-7-16-13)14(20)6-8-18-11-15-10-17-18/h10-13,16H,3-9H2,1-2H3. The third-order valence-electron chi connectivity index (χ3n) is 3.79. The van der Waals surface area contributed by atoms with E-state index in [1.165, 1.54) is 25.6 Å². The molecule has 1 saturated heterocycles. The molecule has 0 saturated carbocycles. The van der Waals surface area contributed by atoms with Crippen LogP contribution in [0.4, 0.5) is 0 Å². The van der Waals surface area contributed by atoms with Crippen LogP contribution >= 0.6 is 0 Å². The quantitative estimate of drug-likeness (QED) is 0.845. The third kappa shape index (κ3) is 4.30. The van der Waals surface area contributed by atoms with Crippen molar-refractivity contribution in [1.29, 1.82) is 0 Å². The van der Waals surface area contributed by atoms with Gasteiger partial charge in [0.05, 0.1) is 6.54 Å². The second-order valence-corrected chi connectivity index (χ2v) is 5.70. The van der Waals surface area contributed by atoms with Crippen molar-refractivity contribution < 1.29 is 4.79 Å². The molecule has 0 bridgehead atoms. The van der Waals surface area contributed by atoms with Gasteiger partial charge >= 0.3 is 0 Å². The Morgan fingerprint density at radius 1 is 1.50 bits per heavy atom. The van der Waals surface area contributed by atoms with Crippen LogP contribution in [0.2, 0.25) is 0 Å². The molecule has 1 amide bonds. The zero-order valence-corrected chi connectivity index (χ0v) is 12.5. The van der Waals surface area contributed by atoms with Crippen molar-refractivity contribution in [2.75, 3.05) is 13.1 Å². The lowest BCUT2D eigenvalue weighted by atomic mass is 10.0. The third-order valence-corrected chi connectivity index (χ3v) is 3.79. The number of amides is 1. The molecule has 1 aromatic heterocycles. The van der Waals surface area contributed by atoms with Gasteiger partial charge in [0.1, 0.15) is 12.7 Å². The highest BCUT2D eigenvalue weighted by Gasteiger charge is 2.22. The van der Waals surface area contributed by atoms with Gasteiger partial charge in [0.15, 0.2) is 0 Å². The molecule has 2 rings (SSSR count). The highest BCUT2D eigenvalue weighted by molar-refractivity contribution is 5.76. The summed E-state index contributed by atoms with van der Waals surface area (Å²) in [4.78, 5) is 18.3. The second kappa shape index (κ2) is 7.38. The Hall–Kier alpha value is -1.43. The lowest BCUT2D eigenvalue weighted by Crippen LogP contribution is -2.48. The average molecular weight is 279 g/mol. The molecule has 1 fully saturated rings. The van der Waals surface area contributed by atoms with Crippen molar-refractivity contribution in [3.05, 3.63) is 12.7 Å². The van der Waals surface area contributed by atoms with E-state index in [-0.39, 0.29) is 11.9 Å². The Kier molecular flexibility index (Phi) is 5.52. The van der Waals surface area contributed by atoms with Gasteiger partial charge in [0.25, 0.3) is 0 Å². The second-order valence-electron chi connectivity index (χ2n) is 5.70. The van der Waals surface area contributed by atoms with E-state index >= 15 is 0 Å². The van der Waals surface area contributed by atoms with Crippen molar-refractivity contribution >= 4 is 5.91 Å². The SMILES string of the molecule is CC(C)N(CC1CCCCN1)C(=O)CCn1cncn1. The van der Waals surface area contributed by atoms with Gasteiger partial charge in [-0.2, -0.15) is 5.10 Å². The van der Waals surface area contributed by atoms with E-state index in [1.807, 2.05) is 4.90 Å². The summed E-state index contributed by atoms with van der Waals surface area (Å²) in [6, 6.07) is 0.684. The van der Waals surface area contributed by atoms with Gasteiger partial charge < -0.3 is 10.2 Å². The summed E-state index contributed by atoms with van der Waals surface area (Å²) >= 11 is 0. The van der Waals surface area contributed by atoms with Crippen LogP contribution in [-0.4, -0.2) is 50.7 Å². The summed E-state index contributed by atoms with van der Waals surface area (Å²) < 4.78 is 1.70. The maximum Gasteiger partial charge on any atom is 0.224 e. The Balaban J connectivity index is 1.84. The maximum absolute atomic E-state index is 12.4. The fourth-order valence-electron chi connectivity index (χ4n) is 2.62. The van der Waals surface area contributed by atoms with Crippen LogP contribution in [0, 0.1) is 0 Å². The van der Waals surface area contributed by atoms with Crippen molar-refractivity contribution in [2.24, 2.45) is 0 Å². The highest BCUT2D eigenvalue weighted by atomic mass is 16.2. The molecule has 20 heavy (non-hydrogen) atoms. The van der Waals surface area contributed by atoms with Crippen LogP contribution in [0.1, 0.15) is 39.5 Å². The molecule has 6 nitrogen and oxygen atoms in total. The predicted octanol–water partition coefficient (Wildman–Crippen LogP) is 1.05. The molecule has 1 atom stereocenters. The number of carbonyl (C=O) groups excluding carboxylic acids is 1. The van der Waals surface area contributed by atoms with Crippen LogP contribution in [0.3, 0.4) is 0 Å². The monoisotopic (exact) mass is 279 g/mol. The number of aromatic nitrogens is 3. The number of piperidine rings is 1. The summed E-state index contributed by atoms with van der Waals surface area (Å²) in [7, 11) is 0. The van der Waals surface area contributed by atoms with E-state index in [4.69, 9.17) is 0 Å². The van der Waals surface area contributed by atoms with E-state index in [2.05, 4.69) is 29.2 Å². The smallest absolute Gasteiger partial charge is 0.224 e. The van der Waals surface area contributed by atoms with Gasteiger partial charge in [-0.05, 0) is 33.2 Å². The first-order chi connectivity index (χ1) is 9.66. The van der Waals surface area contributed by atoms with Crippen LogP contribution in [-0.2, 0) is 11.3 Å². The molecule has 112 valence electrons. The number of nitrogens with zero attached hydrogens (tertiary/aromatic N) is 4. The molecule has 1 N–H and O–H groups in total. The van der Waals surface area contributed by atoms with Gasteiger partial charge in [-0.1, -0.05) is 6.42 Å². The molecule has 6 heteroatoms. The van der Waals surface area contributed by atoms with E-state index < -0.39 is 0 Å². The Labute approximate surface area is 120 Å². The molecule has 1 aliphatic heterocycles. The number of hydrogen-bond acceptors (Lipinski definition) is 4. The fraction of sp³-hybridized carbons (Fsp3) is 0.786. The van der Waals surface area contributed by atoms with Crippen molar-refractivity contribution in [2.45, 2.75) is 58.2 Å². The fourth-order valence-corrected chi connectivity index (χ4v) is 2.62. The van der Waals surface area contributed by atoms with Crippen LogP contribution < -0.4 is 5.32 Å². The van der Waals surface area contributed by atoms with Gasteiger partial charge in [0.2, 0.25) is 5.91 Å². The maximum atomic E-state index is 12.4. The van der Waals surface area contributed by atoms with Crippen molar-refractivity contribution in [1.82, 2.24) is 25.0 Å². The Bertz CT molecular complexity index is 398. The van der Waals surface area contributed by atoms with Gasteiger partial charge in [0, 0.05) is 25.0 Å². The topological polar surface area (TPSA) is 63.1 Å². The molecule has 0 spiro atoms. The number of nitrogens with one attached hydrogen (secondary N) is 1. The Morgan fingerprint density at radius 2 is 2.35 bits per heavy atom. The normalized spacial score (nSPS) is 19.2. The minimum atomic E-state index is 0.197. The largest absolute Gasteiger partial charge is 0.339 e. The van der Waals surface area contributed by atoms with Crippen LogP contribution in [0.25, 0.3) is 0 Å². The first-order valence-electron chi connectivity index (χ1n) is 7.52. The molecule has 1 unspecified atom stereocenters. The lowest BCUT2D eigenvalue weighted by molar-refractivity contribution is -0.133. The molecule has 0 aromatic carbocycles. The summed E-state index contributed by atoms with van der Waals surface area (Å²) in [5, 5.41) is 7.54. The molecule has 0 radical (unpaired) electrons. The van der Waals surface area contributed by atoms with Gasteiger partial charge in [-0.25, -0.2) is 4.98 Å². The Morgan fingerprint density at radius 3 is 2.95 bits per heavy atom. The van der Waals surface area contributed by atoms with Crippen LogP contribution in [0.15, 0.2) is 12.7 Å². The average Bonchev–Trinajstić information content (AvgIpc) is 2.96. The summed E-state index contributed by atoms with van der Waals surface area (Å²) in [5.74, 6) is 0.197. The van der Waals surface area contributed by atoms with Crippen LogP contribution in [0.5, 0.6) is 0 Å². The molecule has 0 aliphatic carbocycles. The zero-order chi connectivity index (χ0) is 14.4. The van der Waals surface area contributed by atoms with Crippen molar-refractivity contribution in [3.63, 3.8) is 0 Å². The number of rotatable bonds is 6. The molecular weight excluding hydrogens is 254 g/mol. The molecule has 2 heterocycles. The number of hydrogen-bond donors (Lipinski definition) is 1. The number of carbonyl (C=O) groups is 1. The highest BCUT2D eigenvalue weighted by Crippen LogP contribution is 2.11. The minimum absolute atomic E-state index is 0.197. The van der Waals surface area contributed by atoms with Crippen molar-refractivity contribution in [3.8, 4) is 0 Å². The number of aryl methyl sites for hydroxylation is 1. The zero-order valence-electron chi connectivity index (χ0n) is 12.5. The summed E-state index contributed by atoms with van der Waals surface area (Å²) in [6.07, 6.45) is 7.30. The van der Waals surface area contributed by atoms with Gasteiger partial charge in [-0.15, -0.1) is 0 Å². The summed E-state index contributed by atoms with van der Waals surface area (Å²) in [6.45, 7) is 6.64. The predicted molar refractivity (Wildman–Crippen MR) is 77.1 cm³/mol. The van der Waals surface area contributed by atoms with E-state index in [0.717, 1.165) is 13.1 Å². The first-order valence-corrected chi connectivity index (χ1v) is 7.52. The molecule has 1 aromatic rings.